The Morgan fingerprint density at radius 3 is 2.35 bits per heavy atom. The maximum absolute atomic E-state index is 12.1. The molecule has 0 aromatic carbocycles. The summed E-state index contributed by atoms with van der Waals surface area (Å²) in [6.45, 7) is 0. The summed E-state index contributed by atoms with van der Waals surface area (Å²) >= 11 is 0. The minimum absolute atomic E-state index is 0.314. The third-order valence-electron chi connectivity index (χ3n) is 2.79. The molecule has 2 aromatic heterocycles. The largest absolute Gasteiger partial charge is 0.330 e. The molecule has 17 heavy (non-hydrogen) atoms. The Morgan fingerprint density at radius 2 is 1.82 bits per heavy atom. The minimum Gasteiger partial charge on any atom is -0.328 e. The van der Waals surface area contributed by atoms with Crippen molar-refractivity contribution < 1.29 is 0 Å². The Morgan fingerprint density at radius 1 is 1.24 bits per heavy atom. The molecule has 0 spiro atoms. The maximum Gasteiger partial charge on any atom is 0.330 e. The first-order chi connectivity index (χ1) is 7.75. The first-order valence-corrected chi connectivity index (χ1v) is 5.38. The van der Waals surface area contributed by atoms with E-state index in [1.165, 1.54) is 7.05 Å². The van der Waals surface area contributed by atoms with Crippen LogP contribution >= 0.6 is 0 Å². The van der Waals surface area contributed by atoms with E-state index in [2.05, 4.69) is 4.98 Å². The molecule has 0 aliphatic heterocycles. The molecule has 0 aliphatic carbocycles. The summed E-state index contributed by atoms with van der Waals surface area (Å²) < 4.78 is 4.30. The van der Waals surface area contributed by atoms with E-state index < -0.39 is 5.24 Å². The second-order valence-electron chi connectivity index (χ2n) is 5.18. The van der Waals surface area contributed by atoms with Crippen LogP contribution in [0, 0.1) is 0 Å². The average Bonchev–Trinajstić information content (AvgIpc) is 2.55. The van der Waals surface area contributed by atoms with Crippen LogP contribution in [0.2, 0.25) is 0 Å². The highest BCUT2D eigenvalue weighted by Gasteiger charge is 2.23. The Bertz CT molecular complexity index is 706. The van der Waals surface area contributed by atoms with Crippen molar-refractivity contribution in [2.24, 2.45) is 14.1 Å². The SMILES string of the molecule is BC(B)(B)n1c(=O)n(C)c(=O)c2c1ncn2C. The van der Waals surface area contributed by atoms with Gasteiger partial charge in [0.05, 0.1) is 6.33 Å². The second kappa shape index (κ2) is 3.42. The number of hydrogen-bond acceptors (Lipinski definition) is 3. The lowest BCUT2D eigenvalue weighted by atomic mass is 9.49. The number of nitrogens with zero attached hydrogens (tertiary/aromatic N) is 4. The van der Waals surface area contributed by atoms with Crippen LogP contribution in [-0.2, 0) is 19.3 Å². The molecule has 0 bridgehead atoms. The molecule has 0 saturated heterocycles. The van der Waals surface area contributed by atoms with Crippen molar-refractivity contribution in [1.82, 2.24) is 18.7 Å². The summed E-state index contributed by atoms with van der Waals surface area (Å²) in [6, 6.07) is 0. The highest BCUT2D eigenvalue weighted by molar-refractivity contribution is 6.56. The van der Waals surface area contributed by atoms with Gasteiger partial charge in [-0.2, -0.15) is 0 Å². The normalized spacial score (nSPS) is 12.1. The number of aromatic nitrogens is 4. The van der Waals surface area contributed by atoms with Crippen molar-refractivity contribution in [3.8, 4) is 0 Å². The van der Waals surface area contributed by atoms with Gasteiger partial charge in [-0.3, -0.25) is 13.9 Å². The summed E-state index contributed by atoms with van der Waals surface area (Å²) in [7, 11) is 8.96. The number of rotatable bonds is 1. The van der Waals surface area contributed by atoms with E-state index in [1.807, 2.05) is 23.5 Å². The molecule has 0 aliphatic rings. The molecule has 6 nitrogen and oxygen atoms in total. The molecule has 0 radical (unpaired) electrons. The second-order valence-corrected chi connectivity index (χ2v) is 5.18. The predicted molar refractivity (Wildman–Crippen MR) is 73.8 cm³/mol. The van der Waals surface area contributed by atoms with Crippen molar-refractivity contribution in [1.29, 1.82) is 0 Å². The molecule has 0 amide bonds. The summed E-state index contributed by atoms with van der Waals surface area (Å²) in [4.78, 5) is 28.3. The van der Waals surface area contributed by atoms with Crippen LogP contribution in [0.15, 0.2) is 15.9 Å². The van der Waals surface area contributed by atoms with Crippen LogP contribution in [0.3, 0.4) is 0 Å². The van der Waals surface area contributed by atoms with Crippen LogP contribution < -0.4 is 11.2 Å². The van der Waals surface area contributed by atoms with Crippen molar-refractivity contribution in [3.63, 3.8) is 0 Å². The molecule has 86 valence electrons. The first kappa shape index (κ1) is 11.8. The van der Waals surface area contributed by atoms with Gasteiger partial charge < -0.3 is 4.57 Å². The molecular formula is C8H13B3N4O2. The monoisotopic (exact) mass is 230 g/mol. The van der Waals surface area contributed by atoms with Crippen molar-refractivity contribution in [2.75, 3.05) is 0 Å². The van der Waals surface area contributed by atoms with E-state index >= 15 is 0 Å². The molecule has 2 aromatic rings. The minimum atomic E-state index is -0.421. The zero-order valence-electron chi connectivity index (χ0n) is 10.7. The van der Waals surface area contributed by atoms with Gasteiger partial charge in [-0.05, 0) is 5.24 Å². The van der Waals surface area contributed by atoms with E-state index in [4.69, 9.17) is 0 Å². The molecule has 0 saturated carbocycles. The fourth-order valence-corrected chi connectivity index (χ4v) is 1.92. The number of fused-ring (bicyclic) bond motifs is 1. The predicted octanol–water partition coefficient (Wildman–Crippen LogP) is -4.10. The standard InChI is InChI=1S/C8H13B3N4O2/c1-13-3-12-5-4(13)6(16)14(2)7(17)15(5)8(9,10)11/h3H,9-11H2,1-2H3. The van der Waals surface area contributed by atoms with Crippen molar-refractivity contribution in [2.45, 2.75) is 5.24 Å². The van der Waals surface area contributed by atoms with Gasteiger partial charge >= 0.3 is 5.69 Å². The molecule has 2 rings (SSSR count). The lowest BCUT2D eigenvalue weighted by Crippen LogP contribution is -2.49. The van der Waals surface area contributed by atoms with E-state index in [0.717, 1.165) is 4.57 Å². The summed E-state index contributed by atoms with van der Waals surface area (Å²) in [5.41, 5.74) is 0.231. The zero-order valence-corrected chi connectivity index (χ0v) is 10.7. The zero-order chi connectivity index (χ0) is 13.0. The van der Waals surface area contributed by atoms with E-state index in [1.54, 1.807) is 22.5 Å². The molecule has 0 fully saturated rings. The van der Waals surface area contributed by atoms with Crippen LogP contribution in [0.5, 0.6) is 0 Å². The molecule has 0 N–H and O–H groups in total. The summed E-state index contributed by atoms with van der Waals surface area (Å²) in [5.74, 6) is 0. The Hall–Kier alpha value is -1.66. The average molecular weight is 230 g/mol. The first-order valence-electron chi connectivity index (χ1n) is 5.38. The van der Waals surface area contributed by atoms with Gasteiger partial charge in [-0.15, -0.1) is 0 Å². The van der Waals surface area contributed by atoms with Crippen molar-refractivity contribution in [3.05, 3.63) is 27.2 Å². The van der Waals surface area contributed by atoms with Crippen molar-refractivity contribution >= 4 is 34.7 Å². The van der Waals surface area contributed by atoms with Gasteiger partial charge in [0, 0.05) is 14.1 Å². The number of imidazole rings is 1. The fraction of sp³-hybridized carbons (Fsp3) is 0.375. The smallest absolute Gasteiger partial charge is 0.328 e. The third kappa shape index (κ3) is 1.57. The summed E-state index contributed by atoms with van der Waals surface area (Å²) in [6.07, 6.45) is 1.55. The molecule has 0 unspecified atom stereocenters. The Labute approximate surface area is 100 Å². The van der Waals surface area contributed by atoms with Gasteiger partial charge in [0.25, 0.3) is 5.56 Å². The third-order valence-corrected chi connectivity index (χ3v) is 2.79. The molecule has 9 heteroatoms. The Balaban J connectivity index is 3.14. The van der Waals surface area contributed by atoms with Crippen LogP contribution in [0.1, 0.15) is 0 Å². The summed E-state index contributed by atoms with van der Waals surface area (Å²) in [5, 5.41) is -0.421. The highest BCUT2D eigenvalue weighted by atomic mass is 16.2. The van der Waals surface area contributed by atoms with E-state index in [-0.39, 0.29) is 11.2 Å². The lowest BCUT2D eigenvalue weighted by molar-refractivity contribution is 0.657. The topological polar surface area (TPSA) is 61.8 Å². The van der Waals surface area contributed by atoms with Gasteiger partial charge in [0.2, 0.25) is 0 Å². The van der Waals surface area contributed by atoms with Gasteiger partial charge in [0.15, 0.2) is 11.2 Å². The van der Waals surface area contributed by atoms with E-state index in [0.29, 0.717) is 11.2 Å². The molecular weight excluding hydrogens is 217 g/mol. The van der Waals surface area contributed by atoms with Gasteiger partial charge in [-0.1, -0.05) is 0 Å². The van der Waals surface area contributed by atoms with E-state index in [9.17, 15) is 9.59 Å². The van der Waals surface area contributed by atoms with Crippen LogP contribution in [0.25, 0.3) is 11.2 Å². The quantitative estimate of drug-likeness (QED) is 0.467. The number of aryl methyl sites for hydroxylation is 1. The Kier molecular flexibility index (Phi) is 2.38. The van der Waals surface area contributed by atoms with Gasteiger partial charge in [0.1, 0.15) is 23.5 Å². The number of hydrogen-bond donors (Lipinski definition) is 0. The lowest BCUT2D eigenvalue weighted by Gasteiger charge is -2.23. The van der Waals surface area contributed by atoms with Gasteiger partial charge in [-0.25, -0.2) is 9.78 Å². The molecule has 2 heterocycles. The fourth-order valence-electron chi connectivity index (χ4n) is 1.92. The van der Waals surface area contributed by atoms with Crippen LogP contribution in [-0.4, -0.2) is 42.2 Å². The molecule has 0 atom stereocenters. The maximum atomic E-state index is 12.1. The highest BCUT2D eigenvalue weighted by Crippen LogP contribution is 2.09. The van der Waals surface area contributed by atoms with Crippen LogP contribution in [0.4, 0.5) is 0 Å².